The molecule has 2 amide bonds. The van der Waals surface area contributed by atoms with Crippen LogP contribution in [0.3, 0.4) is 0 Å². The van der Waals surface area contributed by atoms with Gasteiger partial charge in [-0.15, -0.1) is 0 Å². The molecule has 0 bridgehead atoms. The molecular formula is C23H21NO7. The minimum absolute atomic E-state index is 0.0238. The highest BCUT2D eigenvalue weighted by molar-refractivity contribution is 6.21. The molecule has 0 radical (unpaired) electrons. The molecule has 2 atom stereocenters. The number of imide groups is 1. The van der Waals surface area contributed by atoms with Crippen LogP contribution in [0.2, 0.25) is 0 Å². The molecule has 2 heterocycles. The Morgan fingerprint density at radius 1 is 0.903 bits per heavy atom. The monoisotopic (exact) mass is 423 g/mol. The average Bonchev–Trinajstić information content (AvgIpc) is 3.08. The molecule has 2 aromatic rings. The molecule has 0 spiro atoms. The Kier molecular flexibility index (Phi) is 5.32. The SMILES string of the molecule is COC(=O)C1(C(=O)OC)CC[C@@H](N2C(=O)c3ccccc3C2=O)O[C@H]1c1ccccc1. The summed E-state index contributed by atoms with van der Waals surface area (Å²) in [5.41, 5.74) is -0.644. The molecule has 31 heavy (non-hydrogen) atoms. The Balaban J connectivity index is 1.76. The Morgan fingerprint density at radius 2 is 1.42 bits per heavy atom. The van der Waals surface area contributed by atoms with Gasteiger partial charge in [-0.05, 0) is 30.5 Å². The number of nitrogens with zero attached hydrogens (tertiary/aromatic N) is 1. The Labute approximate surface area is 178 Å². The summed E-state index contributed by atoms with van der Waals surface area (Å²) in [7, 11) is 2.37. The van der Waals surface area contributed by atoms with Gasteiger partial charge in [0.25, 0.3) is 11.8 Å². The standard InChI is InChI=1S/C23H21NO7/c1-29-21(27)23(22(28)30-2)13-12-17(31-18(23)14-8-4-3-5-9-14)24-19(25)15-10-6-7-11-16(15)20(24)26/h3-11,17-18H,12-13H2,1-2H3/t17-,18-/m0/s1. The van der Waals surface area contributed by atoms with Gasteiger partial charge in [-0.25, -0.2) is 4.90 Å². The van der Waals surface area contributed by atoms with E-state index in [4.69, 9.17) is 14.2 Å². The first kappa shape index (κ1) is 20.7. The van der Waals surface area contributed by atoms with Gasteiger partial charge >= 0.3 is 11.9 Å². The molecule has 1 fully saturated rings. The molecule has 0 unspecified atom stereocenters. The molecule has 0 aromatic heterocycles. The molecule has 160 valence electrons. The lowest BCUT2D eigenvalue weighted by atomic mass is 9.73. The average molecular weight is 423 g/mol. The van der Waals surface area contributed by atoms with E-state index in [0.29, 0.717) is 16.7 Å². The smallest absolute Gasteiger partial charge is 0.326 e. The fourth-order valence-corrected chi connectivity index (χ4v) is 4.34. The molecule has 0 N–H and O–H groups in total. The molecular weight excluding hydrogens is 402 g/mol. The zero-order valence-electron chi connectivity index (χ0n) is 17.1. The summed E-state index contributed by atoms with van der Waals surface area (Å²) in [6.45, 7) is 0. The lowest BCUT2D eigenvalue weighted by molar-refractivity contribution is -0.206. The number of carbonyl (C=O) groups excluding carboxylic acids is 4. The zero-order valence-corrected chi connectivity index (χ0v) is 17.1. The van der Waals surface area contributed by atoms with Crippen molar-refractivity contribution >= 4 is 23.8 Å². The minimum Gasteiger partial charge on any atom is -0.468 e. The van der Waals surface area contributed by atoms with Crippen molar-refractivity contribution in [2.45, 2.75) is 25.2 Å². The van der Waals surface area contributed by atoms with Crippen LogP contribution in [0, 0.1) is 5.41 Å². The van der Waals surface area contributed by atoms with Crippen LogP contribution < -0.4 is 0 Å². The summed E-state index contributed by atoms with van der Waals surface area (Å²) in [6.07, 6.45) is -2.03. The third kappa shape index (κ3) is 3.11. The summed E-state index contributed by atoms with van der Waals surface area (Å²) in [4.78, 5) is 52.6. The molecule has 0 aliphatic carbocycles. The summed E-state index contributed by atoms with van der Waals surface area (Å²) >= 11 is 0. The van der Waals surface area contributed by atoms with Gasteiger partial charge in [0.05, 0.1) is 25.3 Å². The third-order valence-corrected chi connectivity index (χ3v) is 5.84. The predicted molar refractivity (Wildman–Crippen MR) is 107 cm³/mol. The second kappa shape index (κ2) is 7.96. The van der Waals surface area contributed by atoms with Crippen molar-refractivity contribution in [3.05, 3.63) is 71.3 Å². The molecule has 4 rings (SSSR count). The van der Waals surface area contributed by atoms with Gasteiger partial charge in [0.2, 0.25) is 0 Å². The molecule has 2 aliphatic rings. The van der Waals surface area contributed by atoms with Crippen LogP contribution in [0.1, 0.15) is 45.2 Å². The predicted octanol–water partition coefficient (Wildman–Crippen LogP) is 2.49. The highest BCUT2D eigenvalue weighted by Gasteiger charge is 2.60. The largest absolute Gasteiger partial charge is 0.468 e. The first-order valence-corrected chi connectivity index (χ1v) is 9.80. The van der Waals surface area contributed by atoms with E-state index in [1.165, 1.54) is 14.2 Å². The number of fused-ring (bicyclic) bond motifs is 1. The number of esters is 2. The van der Waals surface area contributed by atoms with Crippen molar-refractivity contribution in [1.82, 2.24) is 4.90 Å². The van der Waals surface area contributed by atoms with E-state index in [0.717, 1.165) is 4.90 Å². The summed E-state index contributed by atoms with van der Waals surface area (Å²) < 4.78 is 16.1. The third-order valence-electron chi connectivity index (χ3n) is 5.84. The van der Waals surface area contributed by atoms with Crippen LogP contribution in [-0.4, -0.2) is 49.1 Å². The van der Waals surface area contributed by atoms with Crippen LogP contribution in [0.15, 0.2) is 54.6 Å². The van der Waals surface area contributed by atoms with E-state index < -0.39 is 41.5 Å². The molecule has 0 saturated carbocycles. The number of amides is 2. The molecule has 2 aromatic carbocycles. The van der Waals surface area contributed by atoms with E-state index >= 15 is 0 Å². The van der Waals surface area contributed by atoms with Crippen molar-refractivity contribution in [3.63, 3.8) is 0 Å². The number of carbonyl (C=O) groups is 4. The zero-order chi connectivity index (χ0) is 22.2. The lowest BCUT2D eigenvalue weighted by Crippen LogP contribution is -2.55. The number of hydrogen-bond acceptors (Lipinski definition) is 7. The second-order valence-corrected chi connectivity index (χ2v) is 7.40. The van der Waals surface area contributed by atoms with Crippen LogP contribution in [0.5, 0.6) is 0 Å². The van der Waals surface area contributed by atoms with Gasteiger partial charge in [-0.1, -0.05) is 42.5 Å². The highest BCUT2D eigenvalue weighted by atomic mass is 16.6. The van der Waals surface area contributed by atoms with Gasteiger partial charge < -0.3 is 14.2 Å². The highest BCUT2D eigenvalue weighted by Crippen LogP contribution is 2.49. The minimum atomic E-state index is -1.76. The maximum absolute atomic E-state index is 12.9. The van der Waals surface area contributed by atoms with Crippen molar-refractivity contribution in [1.29, 1.82) is 0 Å². The molecule has 8 heteroatoms. The lowest BCUT2D eigenvalue weighted by Gasteiger charge is -2.44. The number of hydrogen-bond donors (Lipinski definition) is 0. The maximum Gasteiger partial charge on any atom is 0.326 e. The fourth-order valence-electron chi connectivity index (χ4n) is 4.34. The normalized spacial score (nSPS) is 22.1. The Hall–Kier alpha value is -3.52. The van der Waals surface area contributed by atoms with E-state index in [9.17, 15) is 19.2 Å². The summed E-state index contributed by atoms with van der Waals surface area (Å²) in [5, 5.41) is 0. The number of benzene rings is 2. The quantitative estimate of drug-likeness (QED) is 0.423. The van der Waals surface area contributed by atoms with Crippen LogP contribution in [0.4, 0.5) is 0 Å². The fraction of sp³-hybridized carbons (Fsp3) is 0.304. The van der Waals surface area contributed by atoms with Crippen molar-refractivity contribution < 1.29 is 33.4 Å². The summed E-state index contributed by atoms with van der Waals surface area (Å²) in [5.74, 6) is -2.54. The van der Waals surface area contributed by atoms with Crippen molar-refractivity contribution in [3.8, 4) is 0 Å². The van der Waals surface area contributed by atoms with Gasteiger partial charge in [-0.3, -0.25) is 19.2 Å². The number of rotatable bonds is 4. The Morgan fingerprint density at radius 3 is 1.94 bits per heavy atom. The first-order chi connectivity index (χ1) is 15.0. The maximum atomic E-state index is 12.9. The van der Waals surface area contributed by atoms with E-state index in [1.807, 2.05) is 0 Å². The van der Waals surface area contributed by atoms with E-state index in [2.05, 4.69) is 0 Å². The molecule has 8 nitrogen and oxygen atoms in total. The second-order valence-electron chi connectivity index (χ2n) is 7.40. The van der Waals surface area contributed by atoms with Crippen LogP contribution in [-0.2, 0) is 23.8 Å². The summed E-state index contributed by atoms with van der Waals surface area (Å²) in [6, 6.07) is 15.2. The van der Waals surface area contributed by atoms with Gasteiger partial charge in [0, 0.05) is 0 Å². The number of ether oxygens (including phenoxy) is 3. The van der Waals surface area contributed by atoms with Crippen LogP contribution in [0.25, 0.3) is 0 Å². The topological polar surface area (TPSA) is 99.2 Å². The van der Waals surface area contributed by atoms with E-state index in [1.54, 1.807) is 54.6 Å². The van der Waals surface area contributed by atoms with Gasteiger partial charge in [0.15, 0.2) is 5.41 Å². The van der Waals surface area contributed by atoms with Crippen molar-refractivity contribution in [2.24, 2.45) is 5.41 Å². The molecule has 2 aliphatic heterocycles. The van der Waals surface area contributed by atoms with Crippen molar-refractivity contribution in [2.75, 3.05) is 14.2 Å². The first-order valence-electron chi connectivity index (χ1n) is 9.80. The van der Waals surface area contributed by atoms with Crippen LogP contribution >= 0.6 is 0 Å². The van der Waals surface area contributed by atoms with Gasteiger partial charge in [0.1, 0.15) is 12.3 Å². The number of methoxy groups -OCH3 is 2. The van der Waals surface area contributed by atoms with Gasteiger partial charge in [-0.2, -0.15) is 0 Å². The molecule has 1 saturated heterocycles. The van der Waals surface area contributed by atoms with E-state index in [-0.39, 0.29) is 12.8 Å². The Bertz CT molecular complexity index is 998.